The second kappa shape index (κ2) is 9.41. The fourth-order valence-corrected chi connectivity index (χ4v) is 1.82. The van der Waals surface area contributed by atoms with Crippen LogP contribution >= 0.6 is 0 Å². The van der Waals surface area contributed by atoms with Crippen molar-refractivity contribution >= 4 is 0 Å². The van der Waals surface area contributed by atoms with Crippen molar-refractivity contribution in [2.45, 2.75) is 66.8 Å². The summed E-state index contributed by atoms with van der Waals surface area (Å²) >= 11 is 0. The molecule has 23 heavy (non-hydrogen) atoms. The number of rotatable bonds is 9. The van der Waals surface area contributed by atoms with Gasteiger partial charge in [-0.2, -0.15) is 0 Å². The van der Waals surface area contributed by atoms with E-state index < -0.39 is 0 Å². The molecule has 0 amide bonds. The Morgan fingerprint density at radius 3 is 1.74 bits per heavy atom. The van der Waals surface area contributed by atoms with Gasteiger partial charge in [0.15, 0.2) is 0 Å². The van der Waals surface area contributed by atoms with Crippen LogP contribution in [0.2, 0.25) is 0 Å². The van der Waals surface area contributed by atoms with Gasteiger partial charge in [0.1, 0.15) is 0 Å². The monoisotopic (exact) mass is 322 g/mol. The van der Waals surface area contributed by atoms with Gasteiger partial charge in [0.2, 0.25) is 0 Å². The second-order valence-electron chi connectivity index (χ2n) is 8.19. The Balaban J connectivity index is 2.14. The SMILES string of the molecule is CC(C)(C)CCOCCOCc1ccc(COC(C)(C)C)cc1. The van der Waals surface area contributed by atoms with Crippen LogP contribution in [-0.4, -0.2) is 25.4 Å². The average molecular weight is 322 g/mol. The summed E-state index contributed by atoms with van der Waals surface area (Å²) in [6.45, 7) is 16.3. The molecular weight excluding hydrogens is 288 g/mol. The number of benzene rings is 1. The van der Waals surface area contributed by atoms with Crippen LogP contribution in [0.25, 0.3) is 0 Å². The zero-order chi connectivity index (χ0) is 17.3. The first kappa shape index (κ1) is 20.1. The summed E-state index contributed by atoms with van der Waals surface area (Å²) in [4.78, 5) is 0. The van der Waals surface area contributed by atoms with Gasteiger partial charge in [-0.3, -0.25) is 0 Å². The molecule has 0 fully saturated rings. The van der Waals surface area contributed by atoms with Crippen molar-refractivity contribution in [3.8, 4) is 0 Å². The summed E-state index contributed by atoms with van der Waals surface area (Å²) in [5.74, 6) is 0. The molecular formula is C20H34O3. The van der Waals surface area contributed by atoms with Crippen molar-refractivity contribution in [2.24, 2.45) is 5.41 Å². The predicted molar refractivity (Wildman–Crippen MR) is 95.5 cm³/mol. The summed E-state index contributed by atoms with van der Waals surface area (Å²) in [6.07, 6.45) is 1.07. The minimum absolute atomic E-state index is 0.102. The lowest BCUT2D eigenvalue weighted by atomic mass is 9.93. The van der Waals surface area contributed by atoms with E-state index in [0.29, 0.717) is 31.8 Å². The molecule has 0 saturated heterocycles. The van der Waals surface area contributed by atoms with Crippen LogP contribution in [0, 0.1) is 5.41 Å². The Labute approximate surface area is 142 Å². The van der Waals surface area contributed by atoms with Crippen LogP contribution < -0.4 is 0 Å². The van der Waals surface area contributed by atoms with Crippen molar-refractivity contribution in [3.63, 3.8) is 0 Å². The van der Waals surface area contributed by atoms with Gasteiger partial charge >= 0.3 is 0 Å². The van der Waals surface area contributed by atoms with Crippen LogP contribution in [0.4, 0.5) is 0 Å². The van der Waals surface area contributed by atoms with Crippen molar-refractivity contribution in [1.29, 1.82) is 0 Å². The maximum absolute atomic E-state index is 5.77. The molecule has 0 saturated carbocycles. The highest BCUT2D eigenvalue weighted by molar-refractivity contribution is 5.21. The maximum Gasteiger partial charge on any atom is 0.0724 e. The van der Waals surface area contributed by atoms with E-state index in [1.165, 1.54) is 11.1 Å². The van der Waals surface area contributed by atoms with Gasteiger partial charge in [-0.25, -0.2) is 0 Å². The van der Waals surface area contributed by atoms with E-state index >= 15 is 0 Å². The maximum atomic E-state index is 5.77. The fourth-order valence-electron chi connectivity index (χ4n) is 1.82. The van der Waals surface area contributed by atoms with Gasteiger partial charge in [0.25, 0.3) is 0 Å². The van der Waals surface area contributed by atoms with Crippen LogP contribution in [0.1, 0.15) is 59.1 Å². The third-order valence-corrected chi connectivity index (χ3v) is 3.33. The molecule has 0 bridgehead atoms. The fraction of sp³-hybridized carbons (Fsp3) is 0.700. The van der Waals surface area contributed by atoms with Gasteiger partial charge in [-0.15, -0.1) is 0 Å². The lowest BCUT2D eigenvalue weighted by Crippen LogP contribution is -2.18. The smallest absolute Gasteiger partial charge is 0.0724 e. The first-order valence-electron chi connectivity index (χ1n) is 8.53. The Hall–Kier alpha value is -0.900. The van der Waals surface area contributed by atoms with Crippen molar-refractivity contribution < 1.29 is 14.2 Å². The molecule has 0 aliphatic heterocycles. The lowest BCUT2D eigenvalue weighted by Gasteiger charge is -2.19. The average Bonchev–Trinajstić information content (AvgIpc) is 2.43. The number of hydrogen-bond donors (Lipinski definition) is 0. The van der Waals surface area contributed by atoms with E-state index in [0.717, 1.165) is 13.0 Å². The largest absolute Gasteiger partial charge is 0.379 e. The summed E-state index contributed by atoms with van der Waals surface area (Å²) in [5.41, 5.74) is 2.60. The van der Waals surface area contributed by atoms with Crippen LogP contribution in [0.5, 0.6) is 0 Å². The molecule has 0 heterocycles. The third-order valence-electron chi connectivity index (χ3n) is 3.33. The molecule has 132 valence electrons. The Kier molecular flexibility index (Phi) is 8.24. The standard InChI is InChI=1S/C20H34O3/c1-19(2,3)11-12-21-13-14-22-15-17-7-9-18(10-8-17)16-23-20(4,5)6/h7-10H,11-16H2,1-6H3. The van der Waals surface area contributed by atoms with E-state index in [4.69, 9.17) is 14.2 Å². The summed E-state index contributed by atoms with van der Waals surface area (Å²) in [7, 11) is 0. The molecule has 0 aromatic heterocycles. The van der Waals surface area contributed by atoms with Gasteiger partial charge < -0.3 is 14.2 Å². The highest BCUT2D eigenvalue weighted by atomic mass is 16.5. The van der Waals surface area contributed by atoms with E-state index in [1.54, 1.807) is 0 Å². The third kappa shape index (κ3) is 11.3. The Bertz CT molecular complexity index is 424. The van der Waals surface area contributed by atoms with Crippen molar-refractivity contribution in [2.75, 3.05) is 19.8 Å². The molecule has 1 aromatic carbocycles. The summed E-state index contributed by atoms with van der Waals surface area (Å²) in [5, 5.41) is 0. The first-order valence-corrected chi connectivity index (χ1v) is 8.53. The molecule has 1 rings (SSSR count). The quantitative estimate of drug-likeness (QED) is 0.601. The molecule has 3 nitrogen and oxygen atoms in total. The zero-order valence-electron chi connectivity index (χ0n) is 15.8. The molecule has 0 spiro atoms. The highest BCUT2D eigenvalue weighted by Gasteiger charge is 2.10. The molecule has 0 N–H and O–H groups in total. The predicted octanol–water partition coefficient (Wildman–Crippen LogP) is 4.97. The minimum atomic E-state index is -0.102. The lowest BCUT2D eigenvalue weighted by molar-refractivity contribution is -0.0149. The summed E-state index contributed by atoms with van der Waals surface area (Å²) < 4.78 is 17.0. The van der Waals surface area contributed by atoms with Gasteiger partial charge in [0.05, 0.1) is 32.0 Å². The Morgan fingerprint density at radius 1 is 0.696 bits per heavy atom. The molecule has 0 aliphatic carbocycles. The summed E-state index contributed by atoms with van der Waals surface area (Å²) in [6, 6.07) is 8.40. The number of ether oxygens (including phenoxy) is 3. The van der Waals surface area contributed by atoms with Gasteiger partial charge in [-0.05, 0) is 43.7 Å². The zero-order valence-corrected chi connectivity index (χ0v) is 15.8. The first-order chi connectivity index (χ1) is 10.7. The van der Waals surface area contributed by atoms with Gasteiger partial charge in [-0.1, -0.05) is 45.0 Å². The second-order valence-corrected chi connectivity index (χ2v) is 8.19. The number of hydrogen-bond acceptors (Lipinski definition) is 3. The van der Waals surface area contributed by atoms with E-state index in [9.17, 15) is 0 Å². The molecule has 0 aliphatic rings. The highest BCUT2D eigenvalue weighted by Crippen LogP contribution is 2.17. The van der Waals surface area contributed by atoms with Crippen molar-refractivity contribution in [1.82, 2.24) is 0 Å². The minimum Gasteiger partial charge on any atom is -0.379 e. The molecule has 3 heteroatoms. The van der Waals surface area contributed by atoms with E-state index in [-0.39, 0.29) is 5.60 Å². The topological polar surface area (TPSA) is 27.7 Å². The van der Waals surface area contributed by atoms with Crippen LogP contribution in [0.3, 0.4) is 0 Å². The van der Waals surface area contributed by atoms with E-state index in [1.807, 2.05) is 0 Å². The van der Waals surface area contributed by atoms with E-state index in [2.05, 4.69) is 65.8 Å². The van der Waals surface area contributed by atoms with Crippen LogP contribution in [0.15, 0.2) is 24.3 Å². The molecule has 0 atom stereocenters. The molecule has 0 radical (unpaired) electrons. The van der Waals surface area contributed by atoms with Crippen molar-refractivity contribution in [3.05, 3.63) is 35.4 Å². The normalized spacial score (nSPS) is 12.6. The van der Waals surface area contributed by atoms with Crippen LogP contribution in [-0.2, 0) is 27.4 Å². The molecule has 0 unspecified atom stereocenters. The van der Waals surface area contributed by atoms with Gasteiger partial charge in [0, 0.05) is 6.61 Å². The molecule has 1 aromatic rings. The Morgan fingerprint density at radius 2 is 1.22 bits per heavy atom.